The maximum Gasteiger partial charge on any atom is 0.0558 e. The van der Waals surface area contributed by atoms with E-state index in [1.165, 1.54) is 12.8 Å². The van der Waals surface area contributed by atoms with E-state index in [0.717, 1.165) is 26.2 Å². The van der Waals surface area contributed by atoms with Gasteiger partial charge in [-0.05, 0) is 26.1 Å². The van der Waals surface area contributed by atoms with Crippen LogP contribution in [0.15, 0.2) is 0 Å². The molecular weight excluding hydrogens is 254 g/mol. The first-order chi connectivity index (χ1) is 9.53. The summed E-state index contributed by atoms with van der Waals surface area (Å²) in [6, 6.07) is 0.493. The third-order valence-corrected chi connectivity index (χ3v) is 2.53. The Morgan fingerprint density at radius 2 is 1.60 bits per heavy atom. The Balaban J connectivity index is -0.000000223. The molecular formula is C15H39N3O2. The van der Waals surface area contributed by atoms with E-state index < -0.39 is 0 Å². The second kappa shape index (κ2) is 23.9. The number of rotatable bonds is 9. The van der Waals surface area contributed by atoms with E-state index in [2.05, 4.69) is 44.8 Å². The normalized spacial score (nSPS) is 9.90. The lowest BCUT2D eigenvalue weighted by Gasteiger charge is -2.15. The lowest BCUT2D eigenvalue weighted by atomic mass is 10.3. The second-order valence-corrected chi connectivity index (χ2v) is 4.73. The molecule has 0 aliphatic heterocycles. The van der Waals surface area contributed by atoms with E-state index in [9.17, 15) is 0 Å². The van der Waals surface area contributed by atoms with Gasteiger partial charge in [-0.15, -0.1) is 0 Å². The molecule has 0 rings (SSSR count). The van der Waals surface area contributed by atoms with Crippen LogP contribution < -0.4 is 11.1 Å². The van der Waals surface area contributed by atoms with Crippen molar-refractivity contribution in [2.75, 3.05) is 45.9 Å². The molecule has 126 valence electrons. The smallest absolute Gasteiger partial charge is 0.0558 e. The van der Waals surface area contributed by atoms with Gasteiger partial charge in [0.15, 0.2) is 0 Å². The van der Waals surface area contributed by atoms with Crippen LogP contribution in [-0.4, -0.2) is 67.1 Å². The number of nitrogens with one attached hydrogen (secondary N) is 1. The van der Waals surface area contributed by atoms with Crippen molar-refractivity contribution < 1.29 is 10.2 Å². The molecule has 0 spiro atoms. The summed E-state index contributed by atoms with van der Waals surface area (Å²) >= 11 is 0. The zero-order valence-corrected chi connectivity index (χ0v) is 14.4. The maximum absolute atomic E-state index is 8.46. The molecule has 5 N–H and O–H groups in total. The second-order valence-electron chi connectivity index (χ2n) is 4.73. The largest absolute Gasteiger partial charge is 0.395 e. The lowest BCUT2D eigenvalue weighted by molar-refractivity contribution is 0.208. The average molecular weight is 293 g/mol. The molecule has 20 heavy (non-hydrogen) atoms. The number of aliphatic hydroxyl groups is 2. The molecule has 0 unspecified atom stereocenters. The first kappa shape index (κ1) is 24.8. The minimum atomic E-state index is 0.234. The summed E-state index contributed by atoms with van der Waals surface area (Å²) in [7, 11) is 0. The Labute approximate surface area is 126 Å². The van der Waals surface area contributed by atoms with Crippen LogP contribution in [0.25, 0.3) is 0 Å². The van der Waals surface area contributed by atoms with Crippen molar-refractivity contribution in [3.05, 3.63) is 0 Å². The van der Waals surface area contributed by atoms with Gasteiger partial charge in [0.05, 0.1) is 13.2 Å². The standard InChI is InChI=1S/C6H15NO.C5H13NO.C4H11N/c1-3-7(4-2)5-6-8;1-5(2)6-3-4-7;1-2-3-4-5/h8H,3-6H2,1-2H3;5-7H,3-4H2,1-2H3;2-5H2,1H3. The van der Waals surface area contributed by atoms with Crippen molar-refractivity contribution in [2.24, 2.45) is 5.73 Å². The van der Waals surface area contributed by atoms with E-state index in [-0.39, 0.29) is 13.2 Å². The molecule has 0 heterocycles. The third kappa shape index (κ3) is 30.7. The van der Waals surface area contributed by atoms with Crippen molar-refractivity contribution in [1.29, 1.82) is 0 Å². The summed E-state index contributed by atoms with van der Waals surface area (Å²) in [6.07, 6.45) is 2.39. The van der Waals surface area contributed by atoms with Crippen LogP contribution in [0.2, 0.25) is 0 Å². The van der Waals surface area contributed by atoms with Crippen LogP contribution in [0.3, 0.4) is 0 Å². The SMILES string of the molecule is CC(C)NCCO.CCCCN.CCN(CC)CCO. The van der Waals surface area contributed by atoms with Crippen LogP contribution in [0.4, 0.5) is 0 Å². The number of aliphatic hydroxyl groups excluding tert-OH is 2. The van der Waals surface area contributed by atoms with E-state index >= 15 is 0 Å². The van der Waals surface area contributed by atoms with Crippen LogP contribution in [0.1, 0.15) is 47.5 Å². The van der Waals surface area contributed by atoms with Gasteiger partial charge in [-0.3, -0.25) is 0 Å². The van der Waals surface area contributed by atoms with Crippen molar-refractivity contribution in [3.63, 3.8) is 0 Å². The summed E-state index contributed by atoms with van der Waals surface area (Å²) in [5.41, 5.74) is 5.14. The van der Waals surface area contributed by atoms with Crippen molar-refractivity contribution in [1.82, 2.24) is 10.2 Å². The summed E-state index contributed by atoms with van der Waals surface area (Å²) in [6.45, 7) is 15.4. The molecule has 0 saturated carbocycles. The van der Waals surface area contributed by atoms with Gasteiger partial charge in [-0.2, -0.15) is 0 Å². The van der Waals surface area contributed by atoms with Crippen LogP contribution in [0, 0.1) is 0 Å². The molecule has 5 heteroatoms. The minimum Gasteiger partial charge on any atom is -0.395 e. The Morgan fingerprint density at radius 3 is 1.70 bits per heavy atom. The molecule has 0 fully saturated rings. The number of unbranched alkanes of at least 4 members (excludes halogenated alkanes) is 1. The van der Waals surface area contributed by atoms with Crippen molar-refractivity contribution >= 4 is 0 Å². The van der Waals surface area contributed by atoms with E-state index in [0.29, 0.717) is 12.6 Å². The number of nitrogens with zero attached hydrogens (tertiary/aromatic N) is 1. The molecule has 0 atom stereocenters. The number of hydrogen-bond acceptors (Lipinski definition) is 5. The van der Waals surface area contributed by atoms with E-state index in [1.54, 1.807) is 0 Å². The Bertz CT molecular complexity index is 141. The minimum absolute atomic E-state index is 0.234. The maximum atomic E-state index is 8.46. The summed E-state index contributed by atoms with van der Waals surface area (Å²) in [5.74, 6) is 0. The molecule has 5 nitrogen and oxygen atoms in total. The van der Waals surface area contributed by atoms with Gasteiger partial charge >= 0.3 is 0 Å². The molecule has 0 aromatic heterocycles. The zero-order valence-electron chi connectivity index (χ0n) is 14.4. The van der Waals surface area contributed by atoms with Gasteiger partial charge in [-0.25, -0.2) is 0 Å². The van der Waals surface area contributed by atoms with Crippen molar-refractivity contribution in [2.45, 2.75) is 53.5 Å². The van der Waals surface area contributed by atoms with Gasteiger partial charge < -0.3 is 26.2 Å². The molecule has 0 aromatic carbocycles. The van der Waals surface area contributed by atoms with Crippen LogP contribution >= 0.6 is 0 Å². The lowest BCUT2D eigenvalue weighted by Crippen LogP contribution is -2.25. The zero-order chi connectivity index (χ0) is 16.2. The van der Waals surface area contributed by atoms with Crippen LogP contribution in [0.5, 0.6) is 0 Å². The first-order valence-electron chi connectivity index (χ1n) is 7.91. The number of hydrogen-bond donors (Lipinski definition) is 4. The molecule has 0 amide bonds. The molecule has 0 bridgehead atoms. The Kier molecular flexibility index (Phi) is 29.6. The molecule has 0 aliphatic carbocycles. The third-order valence-electron chi connectivity index (χ3n) is 2.53. The highest BCUT2D eigenvalue weighted by Crippen LogP contribution is 1.82. The predicted octanol–water partition coefficient (Wildman–Crippen LogP) is 1.04. The fourth-order valence-electron chi connectivity index (χ4n) is 1.24. The van der Waals surface area contributed by atoms with Gasteiger partial charge in [0, 0.05) is 19.1 Å². The summed E-state index contributed by atoms with van der Waals surface area (Å²) < 4.78 is 0. The molecule has 0 aliphatic rings. The highest BCUT2D eigenvalue weighted by atomic mass is 16.3. The topological polar surface area (TPSA) is 81.8 Å². The fourth-order valence-corrected chi connectivity index (χ4v) is 1.24. The van der Waals surface area contributed by atoms with Gasteiger partial charge in [0.25, 0.3) is 0 Å². The van der Waals surface area contributed by atoms with Crippen LogP contribution in [-0.2, 0) is 0 Å². The highest BCUT2D eigenvalue weighted by Gasteiger charge is 1.93. The van der Waals surface area contributed by atoms with Gasteiger partial charge in [0.2, 0.25) is 0 Å². The monoisotopic (exact) mass is 293 g/mol. The van der Waals surface area contributed by atoms with Gasteiger partial charge in [0.1, 0.15) is 0 Å². The summed E-state index contributed by atoms with van der Waals surface area (Å²) in [5, 5.41) is 19.8. The van der Waals surface area contributed by atoms with E-state index in [4.69, 9.17) is 15.9 Å². The Morgan fingerprint density at radius 1 is 1.05 bits per heavy atom. The quantitative estimate of drug-likeness (QED) is 0.511. The number of nitrogens with two attached hydrogens (primary N) is 1. The molecule has 0 radical (unpaired) electrons. The molecule has 0 saturated heterocycles. The van der Waals surface area contributed by atoms with Crippen molar-refractivity contribution in [3.8, 4) is 0 Å². The Hall–Kier alpha value is -0.200. The van der Waals surface area contributed by atoms with E-state index in [1.807, 2.05) is 0 Å². The highest BCUT2D eigenvalue weighted by molar-refractivity contribution is 4.49. The van der Waals surface area contributed by atoms with Gasteiger partial charge in [-0.1, -0.05) is 41.0 Å². The average Bonchev–Trinajstić information content (AvgIpc) is 2.44. The number of likely N-dealkylation sites (N-methyl/N-ethyl adjacent to an activating group) is 1. The fraction of sp³-hybridized carbons (Fsp3) is 1.00. The molecule has 0 aromatic rings. The summed E-state index contributed by atoms with van der Waals surface area (Å²) in [4.78, 5) is 2.18. The predicted molar refractivity (Wildman–Crippen MR) is 89.1 cm³/mol. The first-order valence-corrected chi connectivity index (χ1v) is 7.91.